The van der Waals surface area contributed by atoms with Crippen molar-refractivity contribution >= 4 is 23.2 Å². The fourth-order valence-corrected chi connectivity index (χ4v) is 2.16. The van der Waals surface area contributed by atoms with E-state index in [9.17, 15) is 5.11 Å². The van der Waals surface area contributed by atoms with E-state index in [1.807, 2.05) is 13.8 Å². The Morgan fingerprint density at radius 3 is 2.12 bits per heavy atom. The molecular weight excluding hydrogens is 245 g/mol. The van der Waals surface area contributed by atoms with Gasteiger partial charge in [0.2, 0.25) is 0 Å². The average molecular weight is 262 g/mol. The molecule has 0 aliphatic carbocycles. The minimum atomic E-state index is -0.575. The first kappa shape index (κ1) is 13.8. The van der Waals surface area contributed by atoms with E-state index >= 15 is 0 Å². The summed E-state index contributed by atoms with van der Waals surface area (Å²) in [6.07, 6.45) is 0.0835. The molecule has 0 saturated heterocycles. The van der Waals surface area contributed by atoms with Crippen LogP contribution in [0.3, 0.4) is 0 Å². The van der Waals surface area contributed by atoms with Crippen molar-refractivity contribution in [1.29, 1.82) is 0 Å². The van der Waals surface area contributed by atoms with Crippen LogP contribution in [0.2, 0.25) is 10.0 Å². The summed E-state index contributed by atoms with van der Waals surface area (Å²) in [4.78, 5) is 0. The Morgan fingerprint density at radius 1 is 1.19 bits per heavy atom. The van der Waals surface area contributed by atoms with Crippen molar-refractivity contribution < 1.29 is 5.11 Å². The topological polar surface area (TPSA) is 46.2 Å². The first-order valence-electron chi connectivity index (χ1n) is 5.29. The SMILES string of the molecule is CC(C)C[C@@H](O)[C@@H](N)c1cc(Cl)cc(Cl)c1. The van der Waals surface area contributed by atoms with Crippen LogP contribution < -0.4 is 5.73 Å². The largest absolute Gasteiger partial charge is 0.391 e. The third kappa shape index (κ3) is 3.95. The van der Waals surface area contributed by atoms with Gasteiger partial charge >= 0.3 is 0 Å². The van der Waals surface area contributed by atoms with E-state index in [0.717, 1.165) is 5.56 Å². The summed E-state index contributed by atoms with van der Waals surface area (Å²) in [5.41, 5.74) is 6.73. The monoisotopic (exact) mass is 261 g/mol. The zero-order valence-corrected chi connectivity index (χ0v) is 11.0. The van der Waals surface area contributed by atoms with Crippen LogP contribution in [0.15, 0.2) is 18.2 Å². The van der Waals surface area contributed by atoms with Gasteiger partial charge in [0.15, 0.2) is 0 Å². The van der Waals surface area contributed by atoms with E-state index in [4.69, 9.17) is 28.9 Å². The highest BCUT2D eigenvalue weighted by Crippen LogP contribution is 2.25. The molecule has 0 aliphatic heterocycles. The maximum absolute atomic E-state index is 9.91. The molecule has 1 aromatic carbocycles. The second kappa shape index (κ2) is 5.87. The van der Waals surface area contributed by atoms with E-state index in [0.29, 0.717) is 22.4 Å². The Kier molecular flexibility index (Phi) is 5.06. The van der Waals surface area contributed by atoms with Gasteiger partial charge in [-0.1, -0.05) is 37.0 Å². The molecule has 0 radical (unpaired) electrons. The number of aliphatic hydroxyl groups is 1. The van der Waals surface area contributed by atoms with Crippen LogP contribution in [0, 0.1) is 5.92 Å². The number of halogens is 2. The van der Waals surface area contributed by atoms with Crippen molar-refractivity contribution in [2.75, 3.05) is 0 Å². The van der Waals surface area contributed by atoms with Crippen molar-refractivity contribution in [3.63, 3.8) is 0 Å². The van der Waals surface area contributed by atoms with Crippen LogP contribution in [0.25, 0.3) is 0 Å². The van der Waals surface area contributed by atoms with Gasteiger partial charge in [-0.2, -0.15) is 0 Å². The van der Waals surface area contributed by atoms with Gasteiger partial charge in [-0.25, -0.2) is 0 Å². The van der Waals surface area contributed by atoms with Crippen molar-refractivity contribution in [2.24, 2.45) is 11.7 Å². The number of hydrogen-bond donors (Lipinski definition) is 2. The van der Waals surface area contributed by atoms with Crippen LogP contribution in [0.5, 0.6) is 0 Å². The predicted octanol–water partition coefficient (Wildman–Crippen LogP) is 3.40. The first-order valence-corrected chi connectivity index (χ1v) is 6.05. The lowest BCUT2D eigenvalue weighted by Gasteiger charge is -2.21. The molecule has 0 unspecified atom stereocenters. The molecule has 0 aromatic heterocycles. The molecule has 4 heteroatoms. The highest BCUT2D eigenvalue weighted by atomic mass is 35.5. The normalized spacial score (nSPS) is 15.2. The molecule has 0 heterocycles. The van der Waals surface area contributed by atoms with E-state index in [1.54, 1.807) is 18.2 Å². The minimum Gasteiger partial charge on any atom is -0.391 e. The number of benzene rings is 1. The maximum Gasteiger partial charge on any atom is 0.0735 e. The van der Waals surface area contributed by atoms with Crippen LogP contribution in [-0.2, 0) is 0 Å². The van der Waals surface area contributed by atoms with Crippen LogP contribution in [0.4, 0.5) is 0 Å². The first-order chi connectivity index (χ1) is 7.40. The molecule has 0 saturated carbocycles. The van der Waals surface area contributed by atoms with Gasteiger partial charge in [0.1, 0.15) is 0 Å². The molecule has 1 rings (SSSR count). The quantitative estimate of drug-likeness (QED) is 0.873. The van der Waals surface area contributed by atoms with Crippen molar-refractivity contribution in [3.8, 4) is 0 Å². The number of rotatable bonds is 4. The molecule has 3 N–H and O–H groups in total. The third-order valence-electron chi connectivity index (χ3n) is 2.40. The second-order valence-electron chi connectivity index (χ2n) is 4.43. The average Bonchev–Trinajstić information content (AvgIpc) is 2.13. The van der Waals surface area contributed by atoms with Gasteiger partial charge < -0.3 is 10.8 Å². The van der Waals surface area contributed by atoms with Gasteiger partial charge in [0.25, 0.3) is 0 Å². The number of hydrogen-bond acceptors (Lipinski definition) is 2. The molecule has 0 amide bonds. The predicted molar refractivity (Wildman–Crippen MR) is 68.9 cm³/mol. The lowest BCUT2D eigenvalue weighted by atomic mass is 9.95. The molecule has 0 fully saturated rings. The number of aliphatic hydroxyl groups excluding tert-OH is 1. The number of nitrogens with two attached hydrogens (primary N) is 1. The zero-order valence-electron chi connectivity index (χ0n) is 9.45. The summed E-state index contributed by atoms with van der Waals surface area (Å²) < 4.78 is 0. The van der Waals surface area contributed by atoms with Crippen molar-refractivity contribution in [3.05, 3.63) is 33.8 Å². The van der Waals surface area contributed by atoms with Crippen molar-refractivity contribution in [1.82, 2.24) is 0 Å². The van der Waals surface area contributed by atoms with E-state index in [-0.39, 0.29) is 0 Å². The molecule has 0 aliphatic rings. The smallest absolute Gasteiger partial charge is 0.0735 e. The van der Waals surface area contributed by atoms with Gasteiger partial charge in [-0.15, -0.1) is 0 Å². The third-order valence-corrected chi connectivity index (χ3v) is 2.83. The van der Waals surface area contributed by atoms with Crippen molar-refractivity contribution in [2.45, 2.75) is 32.4 Å². The molecule has 0 spiro atoms. The summed E-state index contributed by atoms with van der Waals surface area (Å²) in [7, 11) is 0. The van der Waals surface area contributed by atoms with E-state index in [2.05, 4.69) is 0 Å². The van der Waals surface area contributed by atoms with Gasteiger partial charge in [0, 0.05) is 10.0 Å². The zero-order chi connectivity index (χ0) is 12.3. The highest BCUT2D eigenvalue weighted by molar-refractivity contribution is 6.34. The van der Waals surface area contributed by atoms with Gasteiger partial charge in [-0.3, -0.25) is 0 Å². The molecule has 90 valence electrons. The standard InChI is InChI=1S/C12H17Cl2NO/c1-7(2)3-11(16)12(15)8-4-9(13)6-10(14)5-8/h4-7,11-12,16H,3,15H2,1-2H3/t11-,12+/m1/s1. The molecular formula is C12H17Cl2NO. The lowest BCUT2D eigenvalue weighted by Crippen LogP contribution is -2.27. The summed E-state index contributed by atoms with van der Waals surface area (Å²) in [6.45, 7) is 4.09. The molecule has 0 bridgehead atoms. The lowest BCUT2D eigenvalue weighted by molar-refractivity contribution is 0.121. The Balaban J connectivity index is 2.82. The summed E-state index contributed by atoms with van der Waals surface area (Å²) in [5, 5.41) is 11.0. The Hall–Kier alpha value is -0.280. The molecule has 16 heavy (non-hydrogen) atoms. The summed E-state index contributed by atoms with van der Waals surface area (Å²) in [5.74, 6) is 0.399. The Morgan fingerprint density at radius 2 is 1.69 bits per heavy atom. The molecule has 2 atom stereocenters. The Bertz CT molecular complexity index is 335. The highest BCUT2D eigenvalue weighted by Gasteiger charge is 2.18. The maximum atomic E-state index is 9.91. The molecule has 2 nitrogen and oxygen atoms in total. The summed E-state index contributed by atoms with van der Waals surface area (Å²) in [6, 6.07) is 4.68. The van der Waals surface area contributed by atoms with Gasteiger partial charge in [0.05, 0.1) is 12.1 Å². The fraction of sp³-hybridized carbons (Fsp3) is 0.500. The van der Waals surface area contributed by atoms with Crippen LogP contribution >= 0.6 is 23.2 Å². The Labute approximate surface area is 106 Å². The fourth-order valence-electron chi connectivity index (χ4n) is 1.62. The van der Waals surface area contributed by atoms with Gasteiger partial charge in [-0.05, 0) is 36.1 Å². The second-order valence-corrected chi connectivity index (χ2v) is 5.30. The van der Waals surface area contributed by atoms with Crippen LogP contribution in [-0.4, -0.2) is 11.2 Å². The minimum absolute atomic E-state index is 0.399. The van der Waals surface area contributed by atoms with Crippen LogP contribution in [0.1, 0.15) is 31.9 Å². The summed E-state index contributed by atoms with van der Waals surface area (Å²) >= 11 is 11.8. The van der Waals surface area contributed by atoms with E-state index in [1.165, 1.54) is 0 Å². The molecule has 1 aromatic rings. The van der Waals surface area contributed by atoms with E-state index < -0.39 is 12.1 Å².